The van der Waals surface area contributed by atoms with Crippen LogP contribution in [0.4, 0.5) is 0 Å². The number of carboxylic acid groups (broad SMARTS) is 1. The molecule has 0 aliphatic carbocycles. The van der Waals surface area contributed by atoms with Gasteiger partial charge in [0.1, 0.15) is 5.54 Å². The standard InChI is InChI=1S/C17H27NO2S/c1-4-12-18-17(3,16(19)20)11-7-8-13-21-15-10-6-5-9-14(15)2/h5-6,9-10,18H,4,7-8,11-13H2,1-3H3,(H,19,20). The molecular weight excluding hydrogens is 282 g/mol. The van der Waals surface area contributed by atoms with Gasteiger partial charge in [0.25, 0.3) is 0 Å². The van der Waals surface area contributed by atoms with E-state index in [2.05, 4.69) is 36.5 Å². The van der Waals surface area contributed by atoms with Gasteiger partial charge >= 0.3 is 5.97 Å². The highest BCUT2D eigenvalue weighted by molar-refractivity contribution is 7.99. The lowest BCUT2D eigenvalue weighted by Gasteiger charge is -2.26. The fourth-order valence-electron chi connectivity index (χ4n) is 2.15. The van der Waals surface area contributed by atoms with Crippen LogP contribution in [0.3, 0.4) is 0 Å². The van der Waals surface area contributed by atoms with Gasteiger partial charge in [-0.1, -0.05) is 31.5 Å². The molecule has 1 rings (SSSR count). The number of hydrogen-bond acceptors (Lipinski definition) is 3. The predicted molar refractivity (Wildman–Crippen MR) is 90.1 cm³/mol. The molecule has 3 nitrogen and oxygen atoms in total. The predicted octanol–water partition coefficient (Wildman–Crippen LogP) is 4.10. The van der Waals surface area contributed by atoms with E-state index in [4.69, 9.17) is 0 Å². The molecule has 0 radical (unpaired) electrons. The maximum atomic E-state index is 11.4. The van der Waals surface area contributed by atoms with Crippen LogP contribution in [0.5, 0.6) is 0 Å². The number of carbonyl (C=O) groups is 1. The Labute approximate surface area is 132 Å². The molecule has 1 unspecified atom stereocenters. The monoisotopic (exact) mass is 309 g/mol. The fraction of sp³-hybridized carbons (Fsp3) is 0.588. The highest BCUT2D eigenvalue weighted by Crippen LogP contribution is 2.24. The molecule has 0 bridgehead atoms. The Bertz CT molecular complexity index is 450. The van der Waals surface area contributed by atoms with Gasteiger partial charge in [0, 0.05) is 4.90 Å². The number of aliphatic carboxylic acids is 1. The molecule has 0 fully saturated rings. The highest BCUT2D eigenvalue weighted by atomic mass is 32.2. The summed E-state index contributed by atoms with van der Waals surface area (Å²) in [6.07, 6.45) is 3.59. The van der Waals surface area contributed by atoms with E-state index in [1.807, 2.05) is 18.7 Å². The van der Waals surface area contributed by atoms with E-state index in [1.54, 1.807) is 6.92 Å². The van der Waals surface area contributed by atoms with Crippen molar-refractivity contribution in [3.05, 3.63) is 29.8 Å². The second-order valence-electron chi connectivity index (χ2n) is 5.64. The molecule has 0 spiro atoms. The lowest BCUT2D eigenvalue weighted by atomic mass is 9.95. The summed E-state index contributed by atoms with van der Waals surface area (Å²) in [4.78, 5) is 12.7. The third-order valence-corrected chi connectivity index (χ3v) is 4.92. The molecule has 0 aliphatic rings. The van der Waals surface area contributed by atoms with Crippen LogP contribution >= 0.6 is 11.8 Å². The molecule has 0 saturated heterocycles. The molecule has 0 amide bonds. The zero-order valence-corrected chi connectivity index (χ0v) is 14.1. The molecule has 1 atom stereocenters. The Balaban J connectivity index is 2.32. The van der Waals surface area contributed by atoms with Crippen LogP contribution in [0.2, 0.25) is 0 Å². The highest BCUT2D eigenvalue weighted by Gasteiger charge is 2.31. The van der Waals surface area contributed by atoms with E-state index in [0.717, 1.165) is 31.6 Å². The second-order valence-corrected chi connectivity index (χ2v) is 6.77. The summed E-state index contributed by atoms with van der Waals surface area (Å²) in [7, 11) is 0. The van der Waals surface area contributed by atoms with Gasteiger partial charge in [-0.15, -0.1) is 11.8 Å². The lowest BCUT2D eigenvalue weighted by Crippen LogP contribution is -2.49. The molecule has 1 aromatic carbocycles. The molecule has 0 saturated carbocycles. The third-order valence-electron chi connectivity index (χ3n) is 3.66. The van der Waals surface area contributed by atoms with Crippen LogP contribution in [0.25, 0.3) is 0 Å². The lowest BCUT2D eigenvalue weighted by molar-refractivity contribution is -0.144. The van der Waals surface area contributed by atoms with Crippen LogP contribution in [0.15, 0.2) is 29.2 Å². The number of benzene rings is 1. The van der Waals surface area contributed by atoms with Crippen molar-refractivity contribution in [3.8, 4) is 0 Å². The summed E-state index contributed by atoms with van der Waals surface area (Å²) in [6.45, 7) is 6.72. The number of thioether (sulfide) groups is 1. The second kappa shape index (κ2) is 9.11. The van der Waals surface area contributed by atoms with Gasteiger partial charge in [0.15, 0.2) is 0 Å². The van der Waals surface area contributed by atoms with E-state index < -0.39 is 11.5 Å². The van der Waals surface area contributed by atoms with Gasteiger partial charge in [0.2, 0.25) is 0 Å². The molecule has 4 heteroatoms. The Kier molecular flexibility index (Phi) is 7.83. The van der Waals surface area contributed by atoms with Crippen LogP contribution in [-0.4, -0.2) is 28.9 Å². The Hall–Kier alpha value is -1.00. The normalized spacial score (nSPS) is 13.9. The van der Waals surface area contributed by atoms with Crippen molar-refractivity contribution in [2.24, 2.45) is 0 Å². The first-order valence-corrected chi connectivity index (χ1v) is 8.65. The molecular formula is C17H27NO2S. The minimum Gasteiger partial charge on any atom is -0.480 e. The van der Waals surface area contributed by atoms with Crippen molar-refractivity contribution < 1.29 is 9.90 Å². The molecule has 2 N–H and O–H groups in total. The Morgan fingerprint density at radius 1 is 1.33 bits per heavy atom. The number of rotatable bonds is 10. The maximum Gasteiger partial charge on any atom is 0.323 e. The Morgan fingerprint density at radius 3 is 2.67 bits per heavy atom. The summed E-state index contributed by atoms with van der Waals surface area (Å²) < 4.78 is 0. The third kappa shape index (κ3) is 6.10. The largest absolute Gasteiger partial charge is 0.480 e. The molecule has 1 aromatic rings. The zero-order chi connectivity index (χ0) is 15.7. The summed E-state index contributed by atoms with van der Waals surface area (Å²) in [6, 6.07) is 8.38. The van der Waals surface area contributed by atoms with E-state index in [9.17, 15) is 9.90 Å². The quantitative estimate of drug-likeness (QED) is 0.504. The van der Waals surface area contributed by atoms with Crippen molar-refractivity contribution in [2.45, 2.75) is 56.9 Å². The first-order chi connectivity index (χ1) is 9.99. The van der Waals surface area contributed by atoms with Crippen molar-refractivity contribution in [1.82, 2.24) is 5.32 Å². The minimum atomic E-state index is -0.788. The van der Waals surface area contributed by atoms with Crippen LogP contribution in [0, 0.1) is 6.92 Å². The van der Waals surface area contributed by atoms with Crippen molar-refractivity contribution in [1.29, 1.82) is 0 Å². The molecule has 0 aliphatic heterocycles. The molecule has 0 heterocycles. The smallest absolute Gasteiger partial charge is 0.323 e. The topological polar surface area (TPSA) is 49.3 Å². The van der Waals surface area contributed by atoms with Gasteiger partial charge in [-0.3, -0.25) is 4.79 Å². The van der Waals surface area contributed by atoms with Gasteiger partial charge in [-0.25, -0.2) is 0 Å². The molecule has 21 heavy (non-hydrogen) atoms. The van der Waals surface area contributed by atoms with E-state index >= 15 is 0 Å². The molecule has 118 valence electrons. The summed E-state index contributed by atoms with van der Waals surface area (Å²) >= 11 is 1.86. The van der Waals surface area contributed by atoms with E-state index in [-0.39, 0.29) is 0 Å². The van der Waals surface area contributed by atoms with Gasteiger partial charge in [-0.2, -0.15) is 0 Å². The van der Waals surface area contributed by atoms with E-state index in [0.29, 0.717) is 6.42 Å². The number of aryl methyl sites for hydroxylation is 1. The number of nitrogens with one attached hydrogen (secondary N) is 1. The summed E-state index contributed by atoms with van der Waals surface area (Å²) in [5.41, 5.74) is 0.520. The van der Waals surface area contributed by atoms with Crippen molar-refractivity contribution >= 4 is 17.7 Å². The average molecular weight is 309 g/mol. The Morgan fingerprint density at radius 2 is 2.05 bits per heavy atom. The summed E-state index contributed by atoms with van der Waals surface area (Å²) in [5, 5.41) is 12.5. The maximum absolute atomic E-state index is 11.4. The summed E-state index contributed by atoms with van der Waals surface area (Å²) in [5.74, 6) is 0.288. The number of unbranched alkanes of at least 4 members (excludes halogenated alkanes) is 1. The van der Waals surface area contributed by atoms with Crippen molar-refractivity contribution in [3.63, 3.8) is 0 Å². The minimum absolute atomic E-state index is 0.677. The SMILES string of the molecule is CCCNC(C)(CCCCSc1ccccc1C)C(=O)O. The number of hydrogen-bond donors (Lipinski definition) is 2. The average Bonchev–Trinajstić information content (AvgIpc) is 2.46. The first kappa shape index (κ1) is 18.1. The zero-order valence-electron chi connectivity index (χ0n) is 13.3. The van der Waals surface area contributed by atoms with Gasteiger partial charge in [0.05, 0.1) is 0 Å². The van der Waals surface area contributed by atoms with Gasteiger partial charge in [-0.05, 0) is 57.0 Å². The van der Waals surface area contributed by atoms with E-state index in [1.165, 1.54) is 10.5 Å². The van der Waals surface area contributed by atoms with Crippen molar-refractivity contribution in [2.75, 3.05) is 12.3 Å². The first-order valence-electron chi connectivity index (χ1n) is 7.66. The number of carboxylic acids is 1. The fourth-order valence-corrected chi connectivity index (χ4v) is 3.19. The van der Waals surface area contributed by atoms with Crippen LogP contribution < -0.4 is 5.32 Å². The van der Waals surface area contributed by atoms with Crippen LogP contribution in [0.1, 0.15) is 45.1 Å². The van der Waals surface area contributed by atoms with Crippen LogP contribution in [-0.2, 0) is 4.79 Å². The molecule has 0 aromatic heterocycles. The van der Waals surface area contributed by atoms with Gasteiger partial charge < -0.3 is 10.4 Å².